The van der Waals surface area contributed by atoms with E-state index in [1.807, 2.05) is 0 Å². The molecule has 0 fully saturated rings. The molecule has 0 rings (SSSR count). The van der Waals surface area contributed by atoms with Crippen molar-refractivity contribution in [2.45, 2.75) is 10.5 Å². The van der Waals surface area contributed by atoms with E-state index in [9.17, 15) is 26.4 Å². The molecule has 0 amide bonds. The Labute approximate surface area is 89.0 Å². The van der Waals surface area contributed by atoms with Crippen molar-refractivity contribution in [2.24, 2.45) is 0 Å². The Hall–Kier alpha value is -1.24. The van der Waals surface area contributed by atoms with Gasteiger partial charge in [-0.05, 0) is 0 Å². The van der Waals surface area contributed by atoms with Gasteiger partial charge in [-0.1, -0.05) is 0 Å². The second-order valence-corrected chi connectivity index (χ2v) is 6.13. The summed E-state index contributed by atoms with van der Waals surface area (Å²) in [6, 6.07) is 0. The highest BCUT2D eigenvalue weighted by Crippen LogP contribution is 2.27. The summed E-state index contributed by atoms with van der Waals surface area (Å²) in [5.41, 5.74) is 0. The summed E-state index contributed by atoms with van der Waals surface area (Å²) in [6.07, 6.45) is -2.04. The van der Waals surface area contributed by atoms with E-state index in [0.717, 1.165) is 0 Å². The zero-order chi connectivity index (χ0) is 13.4. The van der Waals surface area contributed by atoms with Crippen LogP contribution in [-0.4, -0.2) is 52.2 Å². The topological polar surface area (TPSA) is 183 Å². The molecule has 16 heavy (non-hydrogen) atoms. The Kier molecular flexibility index (Phi) is 3.66. The van der Waals surface area contributed by atoms with Crippen LogP contribution in [0, 0.1) is 0 Å². The lowest BCUT2D eigenvalue weighted by atomic mass is 10.3. The van der Waals surface area contributed by atoms with Crippen LogP contribution in [0.1, 0.15) is 6.42 Å². The smallest absolute Gasteiger partial charge is 0.346 e. The van der Waals surface area contributed by atoms with Crippen molar-refractivity contribution in [3.8, 4) is 0 Å². The number of carbonyl (C=O) groups is 2. The van der Waals surface area contributed by atoms with Crippen molar-refractivity contribution >= 4 is 32.2 Å². The monoisotopic (exact) mass is 278 g/mol. The molecule has 94 valence electrons. The minimum atomic E-state index is -5.90. The van der Waals surface area contributed by atoms with Crippen LogP contribution in [0.3, 0.4) is 0 Å². The number of hydrogen-bond acceptors (Lipinski definition) is 6. The molecular formula is C4H6O10S2. The molecule has 0 radical (unpaired) electrons. The van der Waals surface area contributed by atoms with E-state index in [0.29, 0.717) is 0 Å². The zero-order valence-corrected chi connectivity index (χ0v) is 8.89. The molecule has 4 N–H and O–H groups in total. The molecule has 0 aliphatic rings. The summed E-state index contributed by atoms with van der Waals surface area (Å²) >= 11 is 0. The fourth-order valence-corrected chi connectivity index (χ4v) is 2.93. The third-order valence-corrected chi connectivity index (χ3v) is 5.11. The number of rotatable bonds is 5. The summed E-state index contributed by atoms with van der Waals surface area (Å²) in [7, 11) is -11.8. The summed E-state index contributed by atoms with van der Waals surface area (Å²) in [5, 5.41) is 16.6. The fraction of sp³-hybridized carbons (Fsp3) is 0.500. The Morgan fingerprint density at radius 1 is 0.938 bits per heavy atom. The van der Waals surface area contributed by atoms with Gasteiger partial charge in [0.25, 0.3) is 20.2 Å². The van der Waals surface area contributed by atoms with E-state index in [1.54, 1.807) is 0 Å². The quantitative estimate of drug-likeness (QED) is 0.410. The number of hydrogen-bond donors (Lipinski definition) is 4. The third kappa shape index (κ3) is 2.29. The first-order valence-corrected chi connectivity index (χ1v) is 6.13. The normalized spacial score (nSPS) is 13.4. The standard InChI is InChI=1S/C4H6O10S2/c5-2(6)1-4(3(7)8,15(9,10)11)16(12,13)14/h1H2,(H,5,6)(H,7,8)(H,9,10,11)(H,12,13,14). The molecule has 0 atom stereocenters. The molecule has 0 saturated heterocycles. The van der Waals surface area contributed by atoms with Crippen LogP contribution < -0.4 is 0 Å². The highest BCUT2D eigenvalue weighted by Gasteiger charge is 2.63. The molecule has 0 aromatic heterocycles. The first kappa shape index (κ1) is 14.8. The van der Waals surface area contributed by atoms with Gasteiger partial charge in [0.2, 0.25) is 0 Å². The van der Waals surface area contributed by atoms with Gasteiger partial charge < -0.3 is 10.2 Å². The minimum absolute atomic E-state index is 2.04. The Balaban J connectivity index is 6.27. The molecule has 0 aromatic carbocycles. The lowest BCUT2D eigenvalue weighted by Crippen LogP contribution is -2.54. The van der Waals surface area contributed by atoms with Gasteiger partial charge in [0, 0.05) is 0 Å². The maximum absolute atomic E-state index is 10.6. The lowest BCUT2D eigenvalue weighted by molar-refractivity contribution is -0.144. The van der Waals surface area contributed by atoms with Crippen LogP contribution >= 0.6 is 0 Å². The Morgan fingerprint density at radius 3 is 1.31 bits per heavy atom. The average Bonchev–Trinajstić information content (AvgIpc) is 1.93. The van der Waals surface area contributed by atoms with E-state index in [1.165, 1.54) is 0 Å². The maximum atomic E-state index is 10.6. The molecule has 0 heterocycles. The SMILES string of the molecule is O=C(O)CC(C(=O)O)(S(=O)(=O)O)S(=O)(=O)O. The van der Waals surface area contributed by atoms with E-state index in [4.69, 9.17) is 19.3 Å². The van der Waals surface area contributed by atoms with Gasteiger partial charge in [-0.25, -0.2) is 4.79 Å². The molecule has 12 heteroatoms. The van der Waals surface area contributed by atoms with Crippen molar-refractivity contribution in [2.75, 3.05) is 0 Å². The van der Waals surface area contributed by atoms with Crippen molar-refractivity contribution in [1.82, 2.24) is 0 Å². The predicted molar refractivity (Wildman–Crippen MR) is 45.7 cm³/mol. The molecule has 0 aliphatic heterocycles. The number of carboxylic acid groups (broad SMARTS) is 2. The van der Waals surface area contributed by atoms with Crippen LogP contribution in [-0.2, 0) is 29.8 Å². The van der Waals surface area contributed by atoms with E-state index in [-0.39, 0.29) is 0 Å². The van der Waals surface area contributed by atoms with Gasteiger partial charge in [-0.3, -0.25) is 13.9 Å². The fourth-order valence-electron chi connectivity index (χ4n) is 0.811. The van der Waals surface area contributed by atoms with Gasteiger partial charge in [-0.2, -0.15) is 16.8 Å². The maximum Gasteiger partial charge on any atom is 0.346 e. The summed E-state index contributed by atoms with van der Waals surface area (Å²) in [6.45, 7) is 0. The highest BCUT2D eigenvalue weighted by atomic mass is 32.3. The van der Waals surface area contributed by atoms with Gasteiger partial charge in [0.1, 0.15) is 0 Å². The van der Waals surface area contributed by atoms with E-state index in [2.05, 4.69) is 0 Å². The molecule has 0 aliphatic carbocycles. The third-order valence-electron chi connectivity index (χ3n) is 1.54. The molecule has 0 aromatic rings. The second-order valence-electron chi connectivity index (χ2n) is 2.58. The lowest BCUT2D eigenvalue weighted by Gasteiger charge is -2.20. The first-order chi connectivity index (χ1) is 6.86. The first-order valence-electron chi connectivity index (χ1n) is 3.25. The van der Waals surface area contributed by atoms with Crippen molar-refractivity contribution in [3.63, 3.8) is 0 Å². The summed E-state index contributed by atoms with van der Waals surface area (Å²) in [4.78, 5) is 20.7. The van der Waals surface area contributed by atoms with Crippen LogP contribution in [0.2, 0.25) is 0 Å². The van der Waals surface area contributed by atoms with Gasteiger partial charge >= 0.3 is 16.0 Å². The summed E-state index contributed by atoms with van der Waals surface area (Å²) in [5.74, 6) is -4.88. The van der Waals surface area contributed by atoms with Gasteiger partial charge in [-0.15, -0.1) is 0 Å². The van der Waals surface area contributed by atoms with E-state index < -0.39 is 42.7 Å². The van der Waals surface area contributed by atoms with Crippen LogP contribution in [0.5, 0.6) is 0 Å². The Bertz CT molecular complexity index is 477. The van der Waals surface area contributed by atoms with Crippen molar-refractivity contribution < 1.29 is 45.7 Å². The second kappa shape index (κ2) is 3.97. The number of carboxylic acids is 2. The average molecular weight is 278 g/mol. The van der Waals surface area contributed by atoms with Crippen LogP contribution in [0.25, 0.3) is 0 Å². The van der Waals surface area contributed by atoms with Crippen LogP contribution in [0.15, 0.2) is 0 Å². The largest absolute Gasteiger partial charge is 0.481 e. The zero-order valence-electron chi connectivity index (χ0n) is 7.26. The van der Waals surface area contributed by atoms with Gasteiger partial charge in [0.15, 0.2) is 0 Å². The minimum Gasteiger partial charge on any atom is -0.481 e. The number of aliphatic carboxylic acids is 2. The molecule has 0 bridgehead atoms. The molecule has 0 saturated carbocycles. The van der Waals surface area contributed by atoms with E-state index >= 15 is 0 Å². The molecule has 0 unspecified atom stereocenters. The summed E-state index contributed by atoms with van der Waals surface area (Å²) < 4.78 is 55.3. The van der Waals surface area contributed by atoms with Crippen LogP contribution in [0.4, 0.5) is 0 Å². The highest BCUT2D eigenvalue weighted by molar-refractivity contribution is 8.06. The van der Waals surface area contributed by atoms with Crippen molar-refractivity contribution in [1.29, 1.82) is 0 Å². The molecule has 0 spiro atoms. The molecule has 10 nitrogen and oxygen atoms in total. The predicted octanol–water partition coefficient (Wildman–Crippen LogP) is -1.98. The van der Waals surface area contributed by atoms with Gasteiger partial charge in [0.05, 0.1) is 6.42 Å². The van der Waals surface area contributed by atoms with Crippen molar-refractivity contribution in [3.05, 3.63) is 0 Å². The molecular weight excluding hydrogens is 272 g/mol. The Morgan fingerprint density at radius 2 is 1.25 bits per heavy atom.